The van der Waals surface area contributed by atoms with Crippen LogP contribution in [0.3, 0.4) is 0 Å². The number of fused-ring (bicyclic) bond motifs is 2. The van der Waals surface area contributed by atoms with Gasteiger partial charge in [0.25, 0.3) is 5.56 Å². The SMILES string of the molecule is Cc1[nH]c2ccccc2c1CN1CCc2nc(C(F)(F)F)[nH]c(=O)c2C1. The van der Waals surface area contributed by atoms with E-state index in [-0.39, 0.29) is 12.2 Å². The van der Waals surface area contributed by atoms with Crippen LogP contribution in [0.2, 0.25) is 0 Å². The lowest BCUT2D eigenvalue weighted by Gasteiger charge is -2.28. The van der Waals surface area contributed by atoms with Crippen molar-refractivity contribution < 1.29 is 13.2 Å². The molecule has 1 aromatic carbocycles. The van der Waals surface area contributed by atoms with Gasteiger partial charge in [0, 0.05) is 42.7 Å². The summed E-state index contributed by atoms with van der Waals surface area (Å²) < 4.78 is 38.4. The van der Waals surface area contributed by atoms with Gasteiger partial charge in [-0.3, -0.25) is 9.69 Å². The first-order valence-corrected chi connectivity index (χ1v) is 8.30. The van der Waals surface area contributed by atoms with Gasteiger partial charge in [-0.05, 0) is 18.6 Å². The molecule has 0 spiro atoms. The van der Waals surface area contributed by atoms with Crippen molar-refractivity contribution in [2.45, 2.75) is 32.6 Å². The second-order valence-electron chi connectivity index (χ2n) is 6.57. The van der Waals surface area contributed by atoms with Gasteiger partial charge in [-0.25, -0.2) is 4.98 Å². The summed E-state index contributed by atoms with van der Waals surface area (Å²) in [4.78, 5) is 23.0. The fourth-order valence-corrected chi connectivity index (χ4v) is 3.51. The molecule has 5 nitrogen and oxygen atoms in total. The maximum absolute atomic E-state index is 12.8. The van der Waals surface area contributed by atoms with Crippen LogP contribution in [0.25, 0.3) is 10.9 Å². The van der Waals surface area contributed by atoms with E-state index in [1.165, 1.54) is 0 Å². The molecule has 1 aliphatic heterocycles. The van der Waals surface area contributed by atoms with E-state index in [2.05, 4.69) is 14.9 Å². The van der Waals surface area contributed by atoms with Crippen molar-refractivity contribution in [2.24, 2.45) is 0 Å². The quantitative estimate of drug-likeness (QED) is 0.736. The van der Waals surface area contributed by atoms with Crippen molar-refractivity contribution in [2.75, 3.05) is 6.54 Å². The minimum absolute atomic E-state index is 0.243. The van der Waals surface area contributed by atoms with Gasteiger partial charge in [0.15, 0.2) is 0 Å². The summed E-state index contributed by atoms with van der Waals surface area (Å²) in [5.74, 6) is -1.22. The van der Waals surface area contributed by atoms with Crippen LogP contribution in [0.1, 0.15) is 28.3 Å². The molecule has 8 heteroatoms. The summed E-state index contributed by atoms with van der Waals surface area (Å²) in [5.41, 5.74) is 3.10. The molecule has 0 amide bonds. The number of hydrogen-bond acceptors (Lipinski definition) is 3. The van der Waals surface area contributed by atoms with Crippen molar-refractivity contribution >= 4 is 10.9 Å². The van der Waals surface area contributed by atoms with Gasteiger partial charge in [0.1, 0.15) is 0 Å². The Kier molecular flexibility index (Phi) is 3.87. The van der Waals surface area contributed by atoms with Gasteiger partial charge < -0.3 is 9.97 Å². The van der Waals surface area contributed by atoms with E-state index < -0.39 is 17.6 Å². The first kappa shape index (κ1) is 16.8. The zero-order valence-corrected chi connectivity index (χ0v) is 14.1. The number of nitrogens with zero attached hydrogens (tertiary/aromatic N) is 2. The van der Waals surface area contributed by atoms with Gasteiger partial charge >= 0.3 is 6.18 Å². The number of aryl methyl sites for hydroxylation is 1. The molecule has 1 aliphatic rings. The van der Waals surface area contributed by atoms with Crippen molar-refractivity contribution in [3.05, 3.63) is 63.0 Å². The molecule has 0 saturated heterocycles. The maximum atomic E-state index is 12.8. The highest BCUT2D eigenvalue weighted by Gasteiger charge is 2.36. The molecule has 0 radical (unpaired) electrons. The number of benzene rings is 1. The summed E-state index contributed by atoms with van der Waals surface area (Å²) in [6.07, 6.45) is -4.32. The standard InChI is InChI=1S/C18H17F3N4O/c1-10-12(11-4-2-3-5-14(11)22-10)8-25-7-6-15-13(9-25)16(26)24-17(23-15)18(19,20)21/h2-5,22H,6-9H2,1H3,(H,23,24,26). The van der Waals surface area contributed by atoms with E-state index in [9.17, 15) is 18.0 Å². The van der Waals surface area contributed by atoms with E-state index in [1.54, 1.807) is 0 Å². The number of aromatic nitrogens is 3. The first-order valence-electron chi connectivity index (χ1n) is 8.30. The zero-order valence-electron chi connectivity index (χ0n) is 14.1. The molecule has 0 bridgehead atoms. The largest absolute Gasteiger partial charge is 0.449 e. The van der Waals surface area contributed by atoms with Crippen molar-refractivity contribution in [1.29, 1.82) is 0 Å². The lowest BCUT2D eigenvalue weighted by molar-refractivity contribution is -0.145. The smallest absolute Gasteiger partial charge is 0.358 e. The number of rotatable bonds is 2. The van der Waals surface area contributed by atoms with Crippen molar-refractivity contribution in [1.82, 2.24) is 19.9 Å². The Bertz CT molecular complexity index is 1040. The number of hydrogen-bond donors (Lipinski definition) is 2. The second-order valence-corrected chi connectivity index (χ2v) is 6.57. The van der Waals surface area contributed by atoms with Gasteiger partial charge in [-0.15, -0.1) is 0 Å². The summed E-state index contributed by atoms with van der Waals surface area (Å²) in [7, 11) is 0. The molecular weight excluding hydrogens is 345 g/mol. The van der Waals surface area contributed by atoms with E-state index in [0.717, 1.165) is 22.2 Å². The summed E-state index contributed by atoms with van der Waals surface area (Å²) in [6, 6.07) is 7.97. The Morgan fingerprint density at radius 1 is 1.23 bits per heavy atom. The van der Waals surface area contributed by atoms with Crippen molar-refractivity contribution in [3.63, 3.8) is 0 Å². The lowest BCUT2D eigenvalue weighted by Crippen LogP contribution is -2.36. The second kappa shape index (κ2) is 5.98. The number of H-pyrrole nitrogens is 2. The Morgan fingerprint density at radius 3 is 2.77 bits per heavy atom. The number of aromatic amines is 2. The van der Waals surface area contributed by atoms with Crippen LogP contribution in [0.15, 0.2) is 29.1 Å². The number of halogens is 3. The van der Waals surface area contributed by atoms with E-state index >= 15 is 0 Å². The average molecular weight is 362 g/mol. The van der Waals surface area contributed by atoms with Crippen molar-refractivity contribution in [3.8, 4) is 0 Å². The van der Waals surface area contributed by atoms with Crippen LogP contribution >= 0.6 is 0 Å². The monoisotopic (exact) mass is 362 g/mol. The summed E-state index contributed by atoms with van der Waals surface area (Å²) in [6.45, 7) is 3.46. The number of para-hydroxylation sites is 1. The predicted molar refractivity (Wildman–Crippen MR) is 90.7 cm³/mol. The lowest BCUT2D eigenvalue weighted by atomic mass is 10.0. The third-order valence-corrected chi connectivity index (χ3v) is 4.82. The predicted octanol–water partition coefficient (Wildman–Crippen LogP) is 3.14. The van der Waals surface area contributed by atoms with E-state index in [4.69, 9.17) is 0 Å². The average Bonchev–Trinajstić information content (AvgIpc) is 2.90. The molecule has 3 aromatic rings. The highest BCUT2D eigenvalue weighted by Crippen LogP contribution is 2.28. The molecule has 136 valence electrons. The van der Waals surface area contributed by atoms with Gasteiger partial charge in [0.2, 0.25) is 5.82 Å². The fraction of sp³-hybridized carbons (Fsp3) is 0.333. The molecule has 0 saturated carbocycles. The molecule has 2 N–H and O–H groups in total. The van der Waals surface area contributed by atoms with Crippen LogP contribution < -0.4 is 5.56 Å². The molecule has 0 aliphatic carbocycles. The molecule has 26 heavy (non-hydrogen) atoms. The van der Waals surface area contributed by atoms with E-state index in [1.807, 2.05) is 36.2 Å². The molecular formula is C18H17F3N4O. The van der Waals surface area contributed by atoms with Crippen LogP contribution in [-0.4, -0.2) is 26.4 Å². The van der Waals surface area contributed by atoms with Gasteiger partial charge in [0.05, 0.1) is 11.3 Å². The minimum atomic E-state index is -4.65. The number of alkyl halides is 3. The normalized spacial score (nSPS) is 15.4. The molecule has 3 heterocycles. The highest BCUT2D eigenvalue weighted by molar-refractivity contribution is 5.84. The molecule has 0 atom stereocenters. The number of nitrogens with one attached hydrogen (secondary N) is 2. The molecule has 0 unspecified atom stereocenters. The Labute approximate surface area is 146 Å². The molecule has 2 aromatic heterocycles. The Morgan fingerprint density at radius 2 is 2.00 bits per heavy atom. The van der Waals surface area contributed by atoms with E-state index in [0.29, 0.717) is 25.1 Å². The molecule has 0 fully saturated rings. The fourth-order valence-electron chi connectivity index (χ4n) is 3.51. The van der Waals surface area contributed by atoms with Crippen LogP contribution in [0, 0.1) is 6.92 Å². The van der Waals surface area contributed by atoms with Gasteiger partial charge in [-0.1, -0.05) is 18.2 Å². The Hall–Kier alpha value is -2.61. The Balaban J connectivity index is 1.63. The highest BCUT2D eigenvalue weighted by atomic mass is 19.4. The van der Waals surface area contributed by atoms with Crippen LogP contribution in [0.5, 0.6) is 0 Å². The van der Waals surface area contributed by atoms with Crippen LogP contribution in [0.4, 0.5) is 13.2 Å². The third-order valence-electron chi connectivity index (χ3n) is 4.82. The summed E-state index contributed by atoms with van der Waals surface area (Å²) in [5, 5.41) is 1.12. The van der Waals surface area contributed by atoms with Crippen LogP contribution in [-0.2, 0) is 25.7 Å². The topological polar surface area (TPSA) is 64.8 Å². The third kappa shape index (κ3) is 2.90. The minimum Gasteiger partial charge on any atom is -0.358 e. The first-order chi connectivity index (χ1) is 12.3. The molecule has 4 rings (SSSR count). The maximum Gasteiger partial charge on any atom is 0.449 e. The van der Waals surface area contributed by atoms with Gasteiger partial charge in [-0.2, -0.15) is 13.2 Å². The zero-order chi connectivity index (χ0) is 18.5. The summed E-state index contributed by atoms with van der Waals surface area (Å²) >= 11 is 0.